The predicted molar refractivity (Wildman–Crippen MR) is 380 cm³/mol. The van der Waals surface area contributed by atoms with Crippen molar-refractivity contribution in [2.75, 3.05) is 39.5 Å². The van der Waals surface area contributed by atoms with Gasteiger partial charge in [0.15, 0.2) is 40.9 Å². The number of hydrogen-bond acceptors (Lipinski definition) is 9. The number of carbonyl (C=O) groups is 3. The van der Waals surface area contributed by atoms with Crippen molar-refractivity contribution in [2.45, 2.75) is 98.3 Å². The van der Waals surface area contributed by atoms with Crippen molar-refractivity contribution < 1.29 is 76.4 Å². The topological polar surface area (TPSA) is 130 Å². The number of aliphatic imine (C=N–C) groups is 2. The highest BCUT2D eigenvalue weighted by atomic mass is 79.9. The summed E-state index contributed by atoms with van der Waals surface area (Å²) in [4.78, 5) is 42.5. The van der Waals surface area contributed by atoms with Crippen LogP contribution in [0.1, 0.15) is 93.7 Å². The summed E-state index contributed by atoms with van der Waals surface area (Å²) < 4.78 is 104. The predicted octanol–water partition coefficient (Wildman–Crippen LogP) is 15.3. The Hall–Kier alpha value is -9.55. The second kappa shape index (κ2) is 38.6. The van der Waals surface area contributed by atoms with Gasteiger partial charge in [-0.25, -0.2) is 31.1 Å². The van der Waals surface area contributed by atoms with Crippen LogP contribution in [-0.2, 0) is 54.5 Å². The number of unbranched alkanes of at least 4 members (excludes halogenated alkanes) is 2. The van der Waals surface area contributed by atoms with E-state index in [0.717, 1.165) is 129 Å². The lowest BCUT2D eigenvalue weighted by atomic mass is 9.82. The summed E-state index contributed by atoms with van der Waals surface area (Å²) in [6, 6.07) is 61.5. The van der Waals surface area contributed by atoms with E-state index >= 15 is 0 Å². The number of fused-ring (bicyclic) bond motifs is 7. The summed E-state index contributed by atoms with van der Waals surface area (Å²) >= 11 is 0. The highest BCUT2D eigenvalue weighted by Gasteiger charge is 2.38. The second-order valence-electron chi connectivity index (χ2n) is 23.7. The number of nitrogens with two attached hydrogens (primary N) is 1. The minimum absolute atomic E-state index is 0. The lowest BCUT2D eigenvalue weighted by Crippen LogP contribution is -3.00. The van der Waals surface area contributed by atoms with Gasteiger partial charge < -0.3 is 41.4 Å². The van der Waals surface area contributed by atoms with Gasteiger partial charge in [-0.1, -0.05) is 197 Å². The highest BCUT2D eigenvalue weighted by Crippen LogP contribution is 2.50. The van der Waals surface area contributed by atoms with Crippen LogP contribution in [0.15, 0.2) is 216 Å². The summed E-state index contributed by atoms with van der Waals surface area (Å²) in [5, 5.41) is 3.47. The first-order valence-electron chi connectivity index (χ1n) is 33.2. The van der Waals surface area contributed by atoms with Crippen LogP contribution in [0.5, 0.6) is 0 Å². The molecule has 1 aliphatic rings. The van der Waals surface area contributed by atoms with E-state index in [1.165, 1.54) is 0 Å². The molecule has 1 heterocycles. The molecule has 0 aliphatic carbocycles. The SMILES string of the molecule is CCCC[N+]1(CCCC)Cc2c(-c3cc(F)c(F)c(F)c3)cc3ccccc3c2-c2c(c(-c3cc(F)c(F)c(F)c3)cc3ccccc23)C1.CCOC(=O)CN=Cc1ccccc1.CCOC(=O)[C@@H](N)Cc1ccccc1.CCOC(=O)[C@H](Cc1ccccc1)N=Cc1ccccc1.[Br-]. The molecule has 0 radical (unpaired) electrons. The fraction of sp³-hybridized carbons (Fsp3) is 0.256. The van der Waals surface area contributed by atoms with Crippen LogP contribution in [0.25, 0.3) is 54.9 Å². The van der Waals surface area contributed by atoms with Gasteiger partial charge in [-0.3, -0.25) is 19.6 Å². The first kappa shape index (κ1) is 76.8. The summed E-state index contributed by atoms with van der Waals surface area (Å²) in [7, 11) is 0. The minimum atomic E-state index is -1.52. The van der Waals surface area contributed by atoms with Crippen molar-refractivity contribution >= 4 is 51.9 Å². The Labute approximate surface area is 586 Å². The maximum atomic E-state index is 14.9. The Morgan fingerprint density at radius 3 is 1.29 bits per heavy atom. The number of rotatable bonds is 22. The fourth-order valence-electron chi connectivity index (χ4n) is 11.9. The smallest absolute Gasteiger partial charge is 0.331 e. The van der Waals surface area contributed by atoms with E-state index in [9.17, 15) is 40.7 Å². The highest BCUT2D eigenvalue weighted by molar-refractivity contribution is 6.12. The molecule has 10 nitrogen and oxygen atoms in total. The molecule has 0 saturated carbocycles. The van der Waals surface area contributed by atoms with E-state index in [-0.39, 0.29) is 52.6 Å². The number of carbonyl (C=O) groups excluding carboxylic acids is 3. The summed E-state index contributed by atoms with van der Waals surface area (Å²) in [6.07, 6.45) is 8.14. The molecule has 10 aromatic carbocycles. The van der Waals surface area contributed by atoms with Gasteiger partial charge in [-0.2, -0.15) is 0 Å². The molecule has 99 heavy (non-hydrogen) atoms. The van der Waals surface area contributed by atoms with Gasteiger partial charge in [0.2, 0.25) is 0 Å². The molecule has 0 fully saturated rings. The molecule has 2 N–H and O–H groups in total. The van der Waals surface area contributed by atoms with Crippen molar-refractivity contribution in [1.82, 2.24) is 0 Å². The lowest BCUT2D eigenvalue weighted by Gasteiger charge is -2.39. The van der Waals surface area contributed by atoms with E-state index in [0.29, 0.717) is 61.4 Å². The maximum Gasteiger partial charge on any atom is 0.331 e. The van der Waals surface area contributed by atoms with Gasteiger partial charge in [0, 0.05) is 41.1 Å². The third kappa shape index (κ3) is 21.2. The quantitative estimate of drug-likeness (QED) is 0.0179. The zero-order chi connectivity index (χ0) is 70.0. The van der Waals surface area contributed by atoms with Crippen LogP contribution in [0.2, 0.25) is 0 Å². The number of ether oxygens (including phenoxy) is 3. The molecule has 2 atom stereocenters. The number of benzene rings is 10. The van der Waals surface area contributed by atoms with Gasteiger partial charge in [0.05, 0.1) is 32.9 Å². The molecular weight excluding hydrogens is 1330 g/mol. The van der Waals surface area contributed by atoms with Crippen LogP contribution < -0.4 is 22.7 Å². The van der Waals surface area contributed by atoms with Crippen molar-refractivity contribution in [3.63, 3.8) is 0 Å². The molecule has 0 spiro atoms. The molecule has 0 bridgehead atoms. The molecule has 11 rings (SSSR count). The monoisotopic (exact) mass is 1410 g/mol. The Bertz CT molecular complexity index is 4130. The summed E-state index contributed by atoms with van der Waals surface area (Å²) in [5.41, 5.74) is 14.9. The normalized spacial score (nSPS) is 12.6. The molecule has 10 aromatic rings. The molecule has 0 saturated heterocycles. The van der Waals surface area contributed by atoms with Gasteiger partial charge >= 0.3 is 17.9 Å². The van der Waals surface area contributed by atoms with Crippen LogP contribution >= 0.6 is 0 Å². The zero-order valence-electron chi connectivity index (χ0n) is 56.4. The summed E-state index contributed by atoms with van der Waals surface area (Å²) in [6.45, 7) is 13.4. The van der Waals surface area contributed by atoms with E-state index in [4.69, 9.17) is 19.9 Å². The molecule has 1 aliphatic heterocycles. The van der Waals surface area contributed by atoms with Crippen LogP contribution in [0.3, 0.4) is 0 Å². The number of quaternary nitrogens is 1. The van der Waals surface area contributed by atoms with Crippen molar-refractivity contribution in [3.8, 4) is 33.4 Å². The Kier molecular flexibility index (Phi) is 29.9. The third-order valence-corrected chi connectivity index (χ3v) is 16.6. The van der Waals surface area contributed by atoms with Crippen LogP contribution in [-0.4, -0.2) is 86.4 Å². The Morgan fingerprint density at radius 2 is 0.869 bits per heavy atom. The van der Waals surface area contributed by atoms with E-state index in [1.807, 2.05) is 182 Å². The van der Waals surface area contributed by atoms with Gasteiger partial charge in [0.1, 0.15) is 25.7 Å². The Morgan fingerprint density at radius 1 is 0.485 bits per heavy atom. The molecule has 17 heteroatoms. The largest absolute Gasteiger partial charge is 1.00 e. The third-order valence-electron chi connectivity index (χ3n) is 16.6. The average molecular weight is 1410 g/mol. The lowest BCUT2D eigenvalue weighted by molar-refractivity contribution is -0.953. The molecule has 0 aromatic heterocycles. The first-order chi connectivity index (χ1) is 47.5. The number of hydrogen-bond donors (Lipinski definition) is 1. The van der Waals surface area contributed by atoms with E-state index in [2.05, 4.69) is 23.8 Å². The first-order valence-corrected chi connectivity index (χ1v) is 33.2. The van der Waals surface area contributed by atoms with E-state index in [1.54, 1.807) is 33.2 Å². The molecule has 0 amide bonds. The van der Waals surface area contributed by atoms with Crippen molar-refractivity contribution in [3.05, 3.63) is 275 Å². The standard InChI is InChI=1S/C42H36F6N.C18H19NO2.C11H13NO2.C11H15NO2.BrH/c1-3-5-15-49(16-6-4-2)23-33-31(27-19-35(43)41(47)36(44)20-27)17-25-11-7-9-13-29(25)39(33)40-30-14-10-8-12-26(30)18-32(34(40)24-49)28-21-37(45)42(48)38(46)22-28;1-2-21-18(20)17(13-15-9-5-3-6-10-15)19-14-16-11-7-4-8-12-16;1-2-14-11(13)9-12-8-10-6-4-3-5-7-10;1-2-14-11(13)10(12)8-9-6-4-3-5-7-9;/h7-14,17-22H,3-6,15-16,23-24H2,1-2H3;3-12,14,17H,2,13H2,1H3;3-8H,2,9H2,1H3;3-7,10H,2,8,12H2,1H3;1H/q+1;;;;/p-1/t;17-;;10-;/m.0.0./s1. The zero-order valence-corrected chi connectivity index (χ0v) is 57.9. The van der Waals surface area contributed by atoms with Crippen molar-refractivity contribution in [2.24, 2.45) is 15.7 Å². The van der Waals surface area contributed by atoms with Gasteiger partial charge in [-0.15, -0.1) is 0 Å². The molecular formula is C82H83BrF6N4O6. The maximum absolute atomic E-state index is 14.9. The minimum Gasteiger partial charge on any atom is -1.00 e. The van der Waals surface area contributed by atoms with E-state index < -0.39 is 47.0 Å². The molecule has 0 unspecified atom stereocenters. The number of halogens is 7. The van der Waals surface area contributed by atoms with Crippen molar-refractivity contribution in [1.29, 1.82) is 0 Å². The fourth-order valence-corrected chi connectivity index (χ4v) is 11.9. The van der Waals surface area contributed by atoms with Gasteiger partial charge in [0.25, 0.3) is 0 Å². The van der Waals surface area contributed by atoms with Crippen LogP contribution in [0.4, 0.5) is 26.3 Å². The van der Waals surface area contributed by atoms with Gasteiger partial charge in [-0.05, 0) is 142 Å². The molecule has 516 valence electrons. The van der Waals surface area contributed by atoms with Crippen LogP contribution in [0, 0.1) is 34.9 Å². The Balaban J connectivity index is 0.000000225. The second-order valence-corrected chi connectivity index (χ2v) is 23.7. The number of nitrogens with zero attached hydrogens (tertiary/aromatic N) is 3. The summed E-state index contributed by atoms with van der Waals surface area (Å²) in [5.74, 6) is -9.02. The average Bonchev–Trinajstić information content (AvgIpc) is 1.70. The number of esters is 3.